The van der Waals surface area contributed by atoms with Gasteiger partial charge in [0.05, 0.1) is 13.1 Å². The molecule has 2 heterocycles. The van der Waals surface area contributed by atoms with Crippen molar-refractivity contribution in [1.29, 1.82) is 0 Å². The molecular formula is C8H8IN3S. The monoisotopic (exact) mass is 305 g/mol. The van der Waals surface area contributed by atoms with Crippen molar-refractivity contribution in [2.45, 2.75) is 6.92 Å². The molecule has 0 atom stereocenters. The third-order valence-corrected chi connectivity index (χ3v) is 3.52. The van der Waals surface area contributed by atoms with Crippen LogP contribution in [0.2, 0.25) is 0 Å². The van der Waals surface area contributed by atoms with Gasteiger partial charge in [0.1, 0.15) is 12.1 Å². The van der Waals surface area contributed by atoms with Crippen LogP contribution in [0, 0.1) is 2.88 Å². The van der Waals surface area contributed by atoms with Gasteiger partial charge in [0.15, 0.2) is 0 Å². The van der Waals surface area contributed by atoms with Crippen molar-refractivity contribution >= 4 is 50.0 Å². The van der Waals surface area contributed by atoms with E-state index in [1.54, 1.807) is 17.7 Å². The maximum Gasteiger partial charge on any atom is 0.147 e. The summed E-state index contributed by atoms with van der Waals surface area (Å²) in [5.41, 5.74) is 1.03. The summed E-state index contributed by atoms with van der Waals surface area (Å²) in [6.07, 6.45) is 1.60. The Kier molecular flexibility index (Phi) is 2.63. The van der Waals surface area contributed by atoms with Crippen LogP contribution >= 0.6 is 33.9 Å². The summed E-state index contributed by atoms with van der Waals surface area (Å²) in [6.45, 7) is 2.95. The van der Waals surface area contributed by atoms with E-state index in [1.165, 1.54) is 2.88 Å². The summed E-state index contributed by atoms with van der Waals surface area (Å²) in [4.78, 5) is 8.39. The molecule has 0 aliphatic heterocycles. The number of nitrogens with zero attached hydrogens (tertiary/aromatic N) is 2. The van der Waals surface area contributed by atoms with Crippen LogP contribution in [-0.4, -0.2) is 16.5 Å². The fourth-order valence-electron chi connectivity index (χ4n) is 1.12. The normalized spacial score (nSPS) is 10.6. The molecule has 0 aliphatic rings. The Bertz CT molecular complexity index is 426. The Morgan fingerprint density at radius 2 is 2.38 bits per heavy atom. The van der Waals surface area contributed by atoms with Gasteiger partial charge >= 0.3 is 0 Å². The first-order valence-corrected chi connectivity index (χ1v) is 5.84. The lowest BCUT2D eigenvalue weighted by atomic mass is 10.4. The zero-order valence-electron chi connectivity index (χ0n) is 7.04. The second kappa shape index (κ2) is 3.75. The summed E-state index contributed by atoms with van der Waals surface area (Å²) in [5.74, 6) is 0.945. The molecule has 2 aromatic heterocycles. The maximum atomic E-state index is 4.20. The zero-order chi connectivity index (χ0) is 9.26. The van der Waals surface area contributed by atoms with Gasteiger partial charge in [-0.15, -0.1) is 11.3 Å². The third kappa shape index (κ3) is 1.76. The highest BCUT2D eigenvalue weighted by Crippen LogP contribution is 2.29. The summed E-state index contributed by atoms with van der Waals surface area (Å²) < 4.78 is 2.39. The number of nitrogens with one attached hydrogen (secondary N) is 1. The fraction of sp³-hybridized carbons (Fsp3) is 0.250. The molecule has 0 radical (unpaired) electrons. The van der Waals surface area contributed by atoms with Crippen molar-refractivity contribution in [3.63, 3.8) is 0 Å². The fourth-order valence-corrected chi connectivity index (χ4v) is 2.88. The minimum Gasteiger partial charge on any atom is -0.369 e. The largest absolute Gasteiger partial charge is 0.369 e. The van der Waals surface area contributed by atoms with Crippen molar-refractivity contribution in [2.24, 2.45) is 0 Å². The van der Waals surface area contributed by atoms with E-state index in [4.69, 9.17) is 0 Å². The van der Waals surface area contributed by atoms with E-state index in [0.29, 0.717) is 0 Å². The lowest BCUT2D eigenvalue weighted by molar-refractivity contribution is 1.14. The number of fused-ring (bicyclic) bond motifs is 1. The van der Waals surface area contributed by atoms with Crippen molar-refractivity contribution in [3.8, 4) is 0 Å². The van der Waals surface area contributed by atoms with Crippen LogP contribution in [0.3, 0.4) is 0 Å². The molecule has 0 aromatic carbocycles. The van der Waals surface area contributed by atoms with Gasteiger partial charge in [-0.1, -0.05) is 0 Å². The Morgan fingerprint density at radius 3 is 3.15 bits per heavy atom. The lowest BCUT2D eigenvalue weighted by Gasteiger charge is -2.00. The molecule has 3 nitrogen and oxygen atoms in total. The summed E-state index contributed by atoms with van der Waals surface area (Å²) in [7, 11) is 0. The van der Waals surface area contributed by atoms with Crippen LogP contribution in [0.15, 0.2) is 12.4 Å². The first-order chi connectivity index (χ1) is 6.31. The molecular weight excluding hydrogens is 297 g/mol. The molecule has 0 aliphatic carbocycles. The number of aromatic nitrogens is 2. The predicted octanol–water partition coefficient (Wildman–Crippen LogP) is 2.73. The van der Waals surface area contributed by atoms with Crippen LogP contribution < -0.4 is 5.32 Å². The average Bonchev–Trinajstić information content (AvgIpc) is 2.47. The Hall–Kier alpha value is -0.430. The zero-order valence-corrected chi connectivity index (χ0v) is 10.0. The van der Waals surface area contributed by atoms with E-state index in [9.17, 15) is 0 Å². The van der Waals surface area contributed by atoms with Crippen LogP contribution in [-0.2, 0) is 0 Å². The molecule has 0 saturated carbocycles. The Labute approximate surface area is 93.7 Å². The molecule has 0 spiro atoms. The number of hydrogen-bond acceptors (Lipinski definition) is 4. The van der Waals surface area contributed by atoms with E-state index in [2.05, 4.69) is 50.9 Å². The molecule has 5 heteroatoms. The molecule has 1 N–H and O–H groups in total. The number of anilines is 1. The number of halogens is 1. The molecule has 0 unspecified atom stereocenters. The average molecular weight is 305 g/mol. The van der Waals surface area contributed by atoms with Crippen molar-refractivity contribution < 1.29 is 0 Å². The number of thiophene rings is 1. The molecule has 0 fully saturated rings. The summed E-state index contributed by atoms with van der Waals surface area (Å²) in [6, 6.07) is 2.07. The highest BCUT2D eigenvalue weighted by Gasteiger charge is 2.05. The van der Waals surface area contributed by atoms with Crippen LogP contribution in [0.5, 0.6) is 0 Å². The molecule has 0 amide bonds. The number of hydrogen-bond donors (Lipinski definition) is 1. The van der Waals surface area contributed by atoms with Crippen LogP contribution in [0.1, 0.15) is 6.92 Å². The van der Waals surface area contributed by atoms with Gasteiger partial charge in [-0.25, -0.2) is 9.97 Å². The minimum atomic E-state index is 0.889. The maximum absolute atomic E-state index is 4.20. The molecule has 2 aromatic rings. The molecule has 13 heavy (non-hydrogen) atoms. The van der Waals surface area contributed by atoms with Gasteiger partial charge in [-0.2, -0.15) is 0 Å². The van der Waals surface area contributed by atoms with E-state index < -0.39 is 0 Å². The van der Waals surface area contributed by atoms with Gasteiger partial charge in [-0.3, -0.25) is 0 Å². The Balaban J connectivity index is 2.60. The standard InChI is InChI=1S/C8H8IN3S/c1-2-10-8-7-5(11-4-12-8)3-6(9)13-7/h3-4H,2H2,1H3,(H,10,11,12). The van der Waals surface area contributed by atoms with Crippen molar-refractivity contribution in [1.82, 2.24) is 9.97 Å². The molecule has 0 bridgehead atoms. The van der Waals surface area contributed by atoms with Gasteiger partial charge in [0, 0.05) is 6.54 Å². The highest BCUT2D eigenvalue weighted by molar-refractivity contribution is 14.1. The molecule has 0 saturated heterocycles. The minimum absolute atomic E-state index is 0.889. The van der Waals surface area contributed by atoms with Crippen LogP contribution in [0.25, 0.3) is 10.2 Å². The smallest absolute Gasteiger partial charge is 0.147 e. The second-order valence-corrected chi connectivity index (χ2v) is 5.46. The SMILES string of the molecule is CCNc1ncnc2cc(I)sc12. The van der Waals surface area contributed by atoms with Crippen molar-refractivity contribution in [2.75, 3.05) is 11.9 Å². The van der Waals surface area contributed by atoms with Crippen molar-refractivity contribution in [3.05, 3.63) is 15.3 Å². The second-order valence-electron chi connectivity index (χ2n) is 2.52. The quantitative estimate of drug-likeness (QED) is 0.867. The lowest BCUT2D eigenvalue weighted by Crippen LogP contribution is -1.98. The Morgan fingerprint density at radius 1 is 1.54 bits per heavy atom. The summed E-state index contributed by atoms with van der Waals surface area (Å²) in [5, 5.41) is 3.22. The van der Waals surface area contributed by atoms with E-state index in [-0.39, 0.29) is 0 Å². The van der Waals surface area contributed by atoms with E-state index in [0.717, 1.165) is 22.6 Å². The topological polar surface area (TPSA) is 37.8 Å². The van der Waals surface area contributed by atoms with Gasteiger partial charge in [-0.05, 0) is 35.6 Å². The van der Waals surface area contributed by atoms with Gasteiger partial charge in [0.2, 0.25) is 0 Å². The number of rotatable bonds is 2. The first-order valence-electron chi connectivity index (χ1n) is 3.95. The van der Waals surface area contributed by atoms with E-state index >= 15 is 0 Å². The van der Waals surface area contributed by atoms with E-state index in [1.807, 2.05) is 0 Å². The van der Waals surface area contributed by atoms with Crippen LogP contribution in [0.4, 0.5) is 5.82 Å². The third-order valence-electron chi connectivity index (χ3n) is 1.63. The first kappa shape index (κ1) is 9.14. The van der Waals surface area contributed by atoms with Gasteiger partial charge in [0.25, 0.3) is 0 Å². The predicted molar refractivity (Wildman–Crippen MR) is 64.3 cm³/mol. The molecule has 68 valence electrons. The van der Waals surface area contributed by atoms with Gasteiger partial charge < -0.3 is 5.32 Å². The highest BCUT2D eigenvalue weighted by atomic mass is 127. The summed E-state index contributed by atoms with van der Waals surface area (Å²) >= 11 is 4.02. The molecule has 2 rings (SSSR count).